The summed E-state index contributed by atoms with van der Waals surface area (Å²) in [6, 6.07) is 17.0. The molecule has 1 heterocycles. The number of nitrogens with one attached hydrogen (secondary N) is 2. The SMILES string of the molecule is Cc1ccc(NC(=O)CSc2ccc(NC(=O)c3cccs3)cc2)cc1C. The number of carbonyl (C=O) groups excluding carboxylic acids is 2. The zero-order valence-corrected chi connectivity index (χ0v) is 16.7. The highest BCUT2D eigenvalue weighted by Gasteiger charge is 2.08. The van der Waals surface area contributed by atoms with Crippen LogP contribution in [0.15, 0.2) is 64.9 Å². The summed E-state index contributed by atoms with van der Waals surface area (Å²) in [5, 5.41) is 7.65. The maximum Gasteiger partial charge on any atom is 0.265 e. The molecule has 2 amide bonds. The molecule has 0 spiro atoms. The summed E-state index contributed by atoms with van der Waals surface area (Å²) in [6.45, 7) is 4.07. The summed E-state index contributed by atoms with van der Waals surface area (Å²) >= 11 is 2.86. The smallest absolute Gasteiger partial charge is 0.265 e. The van der Waals surface area contributed by atoms with E-state index in [0.29, 0.717) is 10.6 Å². The second kappa shape index (κ2) is 8.88. The van der Waals surface area contributed by atoms with Crippen LogP contribution >= 0.6 is 23.1 Å². The number of carbonyl (C=O) groups is 2. The molecule has 0 unspecified atom stereocenters. The lowest BCUT2D eigenvalue weighted by Gasteiger charge is -2.08. The molecule has 0 fully saturated rings. The Morgan fingerprint density at radius 3 is 2.33 bits per heavy atom. The van der Waals surface area contributed by atoms with E-state index in [-0.39, 0.29) is 11.8 Å². The molecule has 0 atom stereocenters. The number of aryl methyl sites for hydroxylation is 2. The monoisotopic (exact) mass is 396 g/mol. The van der Waals surface area contributed by atoms with E-state index < -0.39 is 0 Å². The molecule has 6 heteroatoms. The summed E-state index contributed by atoms with van der Waals surface area (Å²) in [5.74, 6) is 0.171. The van der Waals surface area contributed by atoms with E-state index in [9.17, 15) is 9.59 Å². The highest BCUT2D eigenvalue weighted by Crippen LogP contribution is 2.22. The molecule has 4 nitrogen and oxygen atoms in total. The summed E-state index contributed by atoms with van der Waals surface area (Å²) in [4.78, 5) is 25.8. The van der Waals surface area contributed by atoms with Crippen LogP contribution in [0.25, 0.3) is 0 Å². The van der Waals surface area contributed by atoms with Gasteiger partial charge in [0.05, 0.1) is 10.6 Å². The van der Waals surface area contributed by atoms with E-state index in [1.54, 1.807) is 6.07 Å². The molecule has 0 saturated heterocycles. The largest absolute Gasteiger partial charge is 0.325 e. The van der Waals surface area contributed by atoms with E-state index in [1.165, 1.54) is 28.7 Å². The van der Waals surface area contributed by atoms with Crippen molar-refractivity contribution < 1.29 is 9.59 Å². The van der Waals surface area contributed by atoms with Gasteiger partial charge in [0.2, 0.25) is 5.91 Å². The third kappa shape index (κ3) is 5.45. The van der Waals surface area contributed by atoms with Gasteiger partial charge < -0.3 is 10.6 Å². The van der Waals surface area contributed by atoms with Crippen LogP contribution in [0.5, 0.6) is 0 Å². The molecule has 0 radical (unpaired) electrons. The molecule has 27 heavy (non-hydrogen) atoms. The van der Waals surface area contributed by atoms with Gasteiger partial charge in [0.1, 0.15) is 0 Å². The van der Waals surface area contributed by atoms with Crippen molar-refractivity contribution >= 4 is 46.3 Å². The van der Waals surface area contributed by atoms with Gasteiger partial charge in [-0.05, 0) is 72.8 Å². The normalized spacial score (nSPS) is 10.4. The molecule has 3 aromatic rings. The predicted molar refractivity (Wildman–Crippen MR) is 114 cm³/mol. The molecular weight excluding hydrogens is 376 g/mol. The standard InChI is InChI=1S/C21H20N2O2S2/c1-14-5-6-17(12-15(14)2)22-20(24)13-27-18-9-7-16(8-10-18)23-21(25)19-4-3-11-26-19/h3-12H,13H2,1-2H3,(H,22,24)(H,23,25). The van der Waals surface area contributed by atoms with Crippen molar-refractivity contribution in [2.75, 3.05) is 16.4 Å². The average Bonchev–Trinajstić information content (AvgIpc) is 3.19. The molecule has 0 aliphatic rings. The molecule has 2 N–H and O–H groups in total. The fourth-order valence-electron chi connectivity index (χ4n) is 2.40. The molecule has 1 aromatic heterocycles. The summed E-state index contributed by atoms with van der Waals surface area (Å²) in [7, 11) is 0. The Hall–Kier alpha value is -2.57. The van der Waals surface area contributed by atoms with Gasteiger partial charge in [-0.3, -0.25) is 9.59 Å². The van der Waals surface area contributed by atoms with Crippen LogP contribution in [-0.4, -0.2) is 17.6 Å². The van der Waals surface area contributed by atoms with Crippen LogP contribution in [0.3, 0.4) is 0 Å². The average molecular weight is 397 g/mol. The molecule has 0 bridgehead atoms. The van der Waals surface area contributed by atoms with Crippen LogP contribution in [0.4, 0.5) is 11.4 Å². The minimum atomic E-state index is -0.113. The third-order valence-corrected chi connectivity index (χ3v) is 5.90. The first-order chi connectivity index (χ1) is 13.0. The molecule has 0 aliphatic heterocycles. The Labute approximate surface area is 167 Å². The lowest BCUT2D eigenvalue weighted by Crippen LogP contribution is -2.14. The fraction of sp³-hybridized carbons (Fsp3) is 0.143. The van der Waals surface area contributed by atoms with Crippen molar-refractivity contribution in [3.63, 3.8) is 0 Å². The first-order valence-electron chi connectivity index (χ1n) is 8.46. The predicted octanol–water partition coefficient (Wildman–Crippen LogP) is 5.35. The van der Waals surface area contributed by atoms with Gasteiger partial charge in [-0.2, -0.15) is 0 Å². The second-order valence-corrected chi connectivity index (χ2v) is 8.09. The van der Waals surface area contributed by atoms with Gasteiger partial charge in [-0.1, -0.05) is 12.1 Å². The molecular formula is C21H20N2O2S2. The zero-order valence-electron chi connectivity index (χ0n) is 15.1. The van der Waals surface area contributed by atoms with E-state index in [1.807, 2.05) is 67.8 Å². The number of benzene rings is 2. The first kappa shape index (κ1) is 19.2. The van der Waals surface area contributed by atoms with Crippen LogP contribution < -0.4 is 10.6 Å². The van der Waals surface area contributed by atoms with Crippen molar-refractivity contribution in [3.05, 3.63) is 76.0 Å². The Balaban J connectivity index is 1.50. The lowest BCUT2D eigenvalue weighted by molar-refractivity contribution is -0.113. The first-order valence-corrected chi connectivity index (χ1v) is 10.3. The Kier molecular flexibility index (Phi) is 6.32. The Bertz CT molecular complexity index is 935. The topological polar surface area (TPSA) is 58.2 Å². The molecule has 0 aliphatic carbocycles. The number of thiophene rings is 1. The van der Waals surface area contributed by atoms with Crippen molar-refractivity contribution in [3.8, 4) is 0 Å². The van der Waals surface area contributed by atoms with Crippen LogP contribution in [0, 0.1) is 13.8 Å². The van der Waals surface area contributed by atoms with E-state index in [4.69, 9.17) is 0 Å². The number of hydrogen-bond acceptors (Lipinski definition) is 4. The number of anilines is 2. The third-order valence-electron chi connectivity index (χ3n) is 4.02. The Morgan fingerprint density at radius 1 is 0.926 bits per heavy atom. The van der Waals surface area contributed by atoms with Crippen molar-refractivity contribution in [1.82, 2.24) is 0 Å². The van der Waals surface area contributed by atoms with Gasteiger partial charge in [-0.15, -0.1) is 23.1 Å². The summed E-state index contributed by atoms with van der Waals surface area (Å²) in [5.41, 5.74) is 3.90. The number of hydrogen-bond donors (Lipinski definition) is 2. The van der Waals surface area contributed by atoms with Crippen molar-refractivity contribution in [1.29, 1.82) is 0 Å². The van der Waals surface area contributed by atoms with Crippen LogP contribution in [0.2, 0.25) is 0 Å². The molecule has 2 aromatic carbocycles. The van der Waals surface area contributed by atoms with E-state index in [0.717, 1.165) is 21.8 Å². The zero-order chi connectivity index (χ0) is 19.2. The second-order valence-electron chi connectivity index (χ2n) is 6.09. The summed E-state index contributed by atoms with van der Waals surface area (Å²) in [6.07, 6.45) is 0. The van der Waals surface area contributed by atoms with Gasteiger partial charge in [0, 0.05) is 16.3 Å². The lowest BCUT2D eigenvalue weighted by atomic mass is 10.1. The van der Waals surface area contributed by atoms with E-state index in [2.05, 4.69) is 10.6 Å². The maximum atomic E-state index is 12.1. The van der Waals surface area contributed by atoms with Crippen LogP contribution in [0.1, 0.15) is 20.8 Å². The van der Waals surface area contributed by atoms with Crippen molar-refractivity contribution in [2.24, 2.45) is 0 Å². The summed E-state index contributed by atoms with van der Waals surface area (Å²) < 4.78 is 0. The molecule has 3 rings (SSSR count). The van der Waals surface area contributed by atoms with Crippen molar-refractivity contribution in [2.45, 2.75) is 18.7 Å². The van der Waals surface area contributed by atoms with Gasteiger partial charge >= 0.3 is 0 Å². The van der Waals surface area contributed by atoms with E-state index >= 15 is 0 Å². The minimum Gasteiger partial charge on any atom is -0.325 e. The number of amides is 2. The molecule has 138 valence electrons. The van der Waals surface area contributed by atoms with Gasteiger partial charge in [0.15, 0.2) is 0 Å². The van der Waals surface area contributed by atoms with Gasteiger partial charge in [0.25, 0.3) is 5.91 Å². The minimum absolute atomic E-state index is 0.0432. The molecule has 0 saturated carbocycles. The highest BCUT2D eigenvalue weighted by atomic mass is 32.2. The fourth-order valence-corrected chi connectivity index (χ4v) is 3.72. The van der Waals surface area contributed by atoms with Crippen LogP contribution in [-0.2, 0) is 4.79 Å². The maximum absolute atomic E-state index is 12.1. The quantitative estimate of drug-likeness (QED) is 0.552. The number of rotatable bonds is 6. The Morgan fingerprint density at radius 2 is 1.67 bits per heavy atom. The van der Waals surface area contributed by atoms with Gasteiger partial charge in [-0.25, -0.2) is 0 Å². The highest BCUT2D eigenvalue weighted by molar-refractivity contribution is 8.00. The number of thioether (sulfide) groups is 1.